The predicted molar refractivity (Wildman–Crippen MR) is 42.3 cm³/mol. The number of aliphatic carboxylic acids is 1. The molecule has 0 heterocycles. The number of hydrogen-bond acceptors (Lipinski definition) is 1. The van der Waals surface area contributed by atoms with E-state index in [0.29, 0.717) is 0 Å². The van der Waals surface area contributed by atoms with Crippen LogP contribution in [-0.4, -0.2) is 64.6 Å². The fourth-order valence-electron chi connectivity index (χ4n) is 0.403. The zero-order valence-corrected chi connectivity index (χ0v) is 10.6. The molecule has 2 radical (unpaired) electrons. The molecular weight excluding hydrogens is 361 g/mol. The third-order valence-corrected chi connectivity index (χ3v) is 2.76. The van der Waals surface area contributed by atoms with E-state index in [2.05, 4.69) is 0 Å². The number of alkyl halides is 7. The summed E-state index contributed by atoms with van der Waals surface area (Å²) in [5, 5.41) is 7.86. The molecule has 0 unspecified atom stereocenters. The summed E-state index contributed by atoms with van der Waals surface area (Å²) in [6, 6.07) is 0. The summed E-state index contributed by atoms with van der Waals surface area (Å²) in [4.78, 5) is 9.87. The van der Waals surface area contributed by atoms with Crippen LogP contribution in [0.3, 0.4) is 0 Å². The molecule has 0 aromatic carbocycles. The van der Waals surface area contributed by atoms with Crippen LogP contribution in [0.25, 0.3) is 0 Å². The Morgan fingerprint density at radius 1 is 1.00 bits per heavy atom. The number of halogens is 7. The van der Waals surface area contributed by atoms with E-state index in [1.165, 1.54) is 0 Å². The maximum absolute atomic E-state index is 11.7. The van der Waals surface area contributed by atoms with Gasteiger partial charge in [0, 0.05) is 37.7 Å². The second-order valence-corrected chi connectivity index (χ2v) is 3.58. The molecule has 2 nitrogen and oxygen atoms in total. The van der Waals surface area contributed by atoms with Crippen LogP contribution in [0.2, 0.25) is 0 Å². The van der Waals surface area contributed by atoms with Gasteiger partial charge in [0.15, 0.2) is 0 Å². The molecule has 14 heavy (non-hydrogen) atoms. The predicted octanol–water partition coefficient (Wildman–Crippen LogP) is 1.99. The Morgan fingerprint density at radius 3 is 1.21 bits per heavy atom. The van der Waals surface area contributed by atoms with Gasteiger partial charge in [0.2, 0.25) is 0 Å². The van der Waals surface area contributed by atoms with Crippen molar-refractivity contribution in [2.45, 2.75) is 15.8 Å². The summed E-state index contributed by atoms with van der Waals surface area (Å²) >= 11 is -0.171. The molecule has 0 aliphatic rings. The van der Waals surface area contributed by atoms with Gasteiger partial charge in [-0.1, -0.05) is 0 Å². The first-order valence-electron chi connectivity index (χ1n) is 2.50. The standard InChI is InChI=1S/C4HF6IO2.Ca/c5-3(6,7)2(11,1(12)13)4(8,9)10;/h(H,12,13);. The van der Waals surface area contributed by atoms with Crippen molar-refractivity contribution in [2.75, 3.05) is 0 Å². The Hall–Kier alpha value is 1.04. The molecule has 10 heteroatoms. The summed E-state index contributed by atoms with van der Waals surface area (Å²) in [7, 11) is 0. The smallest absolute Gasteiger partial charge is 0.422 e. The first kappa shape index (κ1) is 17.4. The fraction of sp³-hybridized carbons (Fsp3) is 0.750. The summed E-state index contributed by atoms with van der Waals surface area (Å²) in [6.07, 6.45) is -11.8. The van der Waals surface area contributed by atoms with Crippen molar-refractivity contribution < 1.29 is 36.2 Å². The minimum absolute atomic E-state index is 0. The fourth-order valence-corrected chi connectivity index (χ4v) is 0.403. The van der Waals surface area contributed by atoms with Crippen molar-refractivity contribution in [3.63, 3.8) is 0 Å². The van der Waals surface area contributed by atoms with Gasteiger partial charge in [-0.25, -0.2) is 0 Å². The first-order valence-corrected chi connectivity index (χ1v) is 3.58. The number of hydrogen-bond donors (Lipinski definition) is 1. The van der Waals surface area contributed by atoms with Gasteiger partial charge in [-0.2, -0.15) is 26.3 Å². The second-order valence-electron chi connectivity index (χ2n) is 1.96. The number of carboxylic acid groups (broad SMARTS) is 1. The SMILES string of the molecule is O=C(O)C(I)(C(F)(F)F)C(F)(F)F.[Ca]. The first-order chi connectivity index (χ1) is 5.44. The molecule has 0 saturated heterocycles. The van der Waals surface area contributed by atoms with Crippen molar-refractivity contribution in [2.24, 2.45) is 0 Å². The summed E-state index contributed by atoms with van der Waals surface area (Å²) in [5.41, 5.74) is 0. The topological polar surface area (TPSA) is 37.3 Å². The summed E-state index contributed by atoms with van der Waals surface area (Å²) in [5.74, 6) is -2.98. The van der Waals surface area contributed by atoms with Gasteiger partial charge < -0.3 is 5.11 Å². The molecule has 1 N–H and O–H groups in total. The quantitative estimate of drug-likeness (QED) is 0.335. The third-order valence-electron chi connectivity index (χ3n) is 1.08. The molecule has 0 aromatic rings. The van der Waals surface area contributed by atoms with Crippen molar-refractivity contribution in [1.82, 2.24) is 0 Å². The maximum Gasteiger partial charge on any atom is 0.422 e. The van der Waals surface area contributed by atoms with Gasteiger partial charge in [-0.3, -0.25) is 4.79 Å². The molecule has 0 amide bonds. The van der Waals surface area contributed by atoms with Crippen molar-refractivity contribution >= 4 is 66.3 Å². The van der Waals surface area contributed by atoms with Gasteiger partial charge in [-0.05, 0) is 22.6 Å². The van der Waals surface area contributed by atoms with Gasteiger partial charge in [-0.15, -0.1) is 0 Å². The number of carboxylic acids is 1. The number of rotatable bonds is 1. The van der Waals surface area contributed by atoms with Gasteiger partial charge >= 0.3 is 21.7 Å². The molecule has 0 rings (SSSR count). The Bertz CT molecular complexity index is 209. The van der Waals surface area contributed by atoms with Crippen molar-refractivity contribution in [3.05, 3.63) is 0 Å². The van der Waals surface area contributed by atoms with Crippen molar-refractivity contribution in [1.29, 1.82) is 0 Å². The molecular formula is C4HCaF6IO2. The second kappa shape index (κ2) is 4.91. The van der Waals surface area contributed by atoms with Crippen LogP contribution in [0.5, 0.6) is 0 Å². The monoisotopic (exact) mass is 362 g/mol. The van der Waals surface area contributed by atoms with E-state index in [4.69, 9.17) is 5.11 Å². The molecule has 0 aliphatic carbocycles. The van der Waals surface area contributed by atoms with Crippen molar-refractivity contribution in [3.8, 4) is 0 Å². The molecule has 0 spiro atoms. The van der Waals surface area contributed by atoms with Crippen LogP contribution in [0.15, 0.2) is 0 Å². The maximum atomic E-state index is 11.7. The molecule has 0 atom stereocenters. The molecule has 0 saturated carbocycles. The molecule has 80 valence electrons. The summed E-state index contributed by atoms with van der Waals surface area (Å²) < 4.78 is 65.7. The molecule has 0 aromatic heterocycles. The number of carbonyl (C=O) groups is 1. The molecule has 0 aliphatic heterocycles. The van der Waals surface area contributed by atoms with E-state index in [1.807, 2.05) is 0 Å². The third kappa shape index (κ3) is 3.01. The Balaban J connectivity index is 0. The van der Waals surface area contributed by atoms with Crippen LogP contribution in [0, 0.1) is 0 Å². The van der Waals surface area contributed by atoms with E-state index in [-0.39, 0.29) is 60.3 Å². The zero-order chi connectivity index (χ0) is 11.1. The Morgan fingerprint density at radius 2 is 1.21 bits per heavy atom. The van der Waals surface area contributed by atoms with Gasteiger partial charge in [0.25, 0.3) is 0 Å². The van der Waals surface area contributed by atoms with E-state index >= 15 is 0 Å². The molecule has 0 fully saturated rings. The Kier molecular flexibility index (Phi) is 6.12. The van der Waals surface area contributed by atoms with Crippen LogP contribution in [0.4, 0.5) is 26.3 Å². The Labute approximate surface area is 117 Å². The average molecular weight is 362 g/mol. The largest absolute Gasteiger partial charge is 0.480 e. The van der Waals surface area contributed by atoms with E-state index in [9.17, 15) is 31.1 Å². The van der Waals surface area contributed by atoms with Crippen LogP contribution in [-0.2, 0) is 4.79 Å². The van der Waals surface area contributed by atoms with Gasteiger partial charge in [0.1, 0.15) is 0 Å². The van der Waals surface area contributed by atoms with Gasteiger partial charge in [0.05, 0.1) is 0 Å². The zero-order valence-electron chi connectivity index (χ0n) is 6.21. The summed E-state index contributed by atoms with van der Waals surface area (Å²) in [6.45, 7) is 0. The minimum atomic E-state index is -5.88. The van der Waals surface area contributed by atoms with E-state index < -0.39 is 21.7 Å². The normalized spacial score (nSPS) is 13.4. The average Bonchev–Trinajstić information content (AvgIpc) is 1.80. The minimum Gasteiger partial charge on any atom is -0.480 e. The molecule has 0 bridgehead atoms. The van der Waals surface area contributed by atoms with Crippen LogP contribution in [0.1, 0.15) is 0 Å². The van der Waals surface area contributed by atoms with Crippen LogP contribution >= 0.6 is 22.6 Å². The van der Waals surface area contributed by atoms with Crippen LogP contribution < -0.4 is 0 Å². The van der Waals surface area contributed by atoms with E-state index in [0.717, 1.165) is 0 Å². The van der Waals surface area contributed by atoms with E-state index in [1.54, 1.807) is 0 Å².